The number of aliphatic carboxylic acids is 1. The van der Waals surface area contributed by atoms with Crippen LogP contribution in [0.4, 0.5) is 0 Å². The Hall–Kier alpha value is -1.63. The third kappa shape index (κ3) is 3.43. The fraction of sp³-hybridized carbons (Fsp3) is 0.273. The zero-order valence-corrected chi connectivity index (χ0v) is 9.83. The summed E-state index contributed by atoms with van der Waals surface area (Å²) in [5.74, 6) is -2.61. The number of carboxylic acids is 2. The summed E-state index contributed by atoms with van der Waals surface area (Å²) in [7, 11) is 0. The number of benzene rings is 1. The predicted molar refractivity (Wildman–Crippen MR) is 61.6 cm³/mol. The minimum Gasteiger partial charge on any atom is -0.481 e. The van der Waals surface area contributed by atoms with Gasteiger partial charge in [-0.3, -0.25) is 4.79 Å². The monoisotopic (exact) mass is 274 g/mol. The molecule has 0 spiro atoms. The van der Waals surface area contributed by atoms with Crippen LogP contribution >= 0.6 is 11.6 Å². The van der Waals surface area contributed by atoms with Gasteiger partial charge in [0.1, 0.15) is 6.10 Å². The van der Waals surface area contributed by atoms with Gasteiger partial charge >= 0.3 is 11.9 Å². The quantitative estimate of drug-likeness (QED) is 0.634. The van der Waals surface area contributed by atoms with Crippen LogP contribution in [0.5, 0.6) is 0 Å². The smallest absolute Gasteiger partial charge is 0.336 e. The van der Waals surface area contributed by atoms with Crippen molar-refractivity contribution >= 4 is 23.5 Å². The lowest BCUT2D eigenvalue weighted by molar-refractivity contribution is -0.141. The van der Waals surface area contributed by atoms with E-state index in [4.69, 9.17) is 21.8 Å². The van der Waals surface area contributed by atoms with Gasteiger partial charge in [0.15, 0.2) is 0 Å². The summed E-state index contributed by atoms with van der Waals surface area (Å²) >= 11 is 5.67. The number of hydrogen-bond donors (Lipinski definition) is 4. The molecule has 0 aliphatic rings. The van der Waals surface area contributed by atoms with Gasteiger partial charge in [-0.25, -0.2) is 4.79 Å². The van der Waals surface area contributed by atoms with Crippen LogP contribution in [0.1, 0.15) is 28.4 Å². The fourth-order valence-electron chi connectivity index (χ4n) is 1.47. The Balaban J connectivity index is 3.10. The maximum Gasteiger partial charge on any atom is 0.336 e. The highest BCUT2D eigenvalue weighted by Crippen LogP contribution is 2.26. The molecule has 0 aromatic heterocycles. The van der Waals surface area contributed by atoms with E-state index in [-0.39, 0.29) is 16.1 Å². The fourth-order valence-corrected chi connectivity index (χ4v) is 1.65. The Bertz CT molecular complexity index is 473. The number of aromatic carboxylic acids is 1. The summed E-state index contributed by atoms with van der Waals surface area (Å²) in [5.41, 5.74) is -0.361. The average molecular weight is 275 g/mol. The molecular weight excluding hydrogens is 264 g/mol. The number of halogens is 1. The molecule has 2 atom stereocenters. The van der Waals surface area contributed by atoms with E-state index in [1.54, 1.807) is 0 Å². The number of carbonyl (C=O) groups is 2. The molecule has 1 rings (SSSR count). The van der Waals surface area contributed by atoms with E-state index in [0.29, 0.717) is 0 Å². The van der Waals surface area contributed by atoms with E-state index in [0.717, 1.165) is 0 Å². The van der Waals surface area contributed by atoms with Gasteiger partial charge in [0.25, 0.3) is 0 Å². The minimum absolute atomic E-state index is 0.122. The van der Waals surface area contributed by atoms with Crippen molar-refractivity contribution in [2.45, 2.75) is 18.6 Å². The molecule has 0 fully saturated rings. The van der Waals surface area contributed by atoms with Crippen LogP contribution in [0.2, 0.25) is 5.02 Å². The Kier molecular flexibility index (Phi) is 4.66. The standard InChI is InChI=1S/C11H11ClO6/c12-5-1-2-6(11(17)18)7(3-5)10(16)8(13)4-9(14)15/h1-3,8,10,13,16H,4H2,(H,14,15)(H,17,18). The number of aliphatic hydroxyl groups excluding tert-OH is 2. The summed E-state index contributed by atoms with van der Waals surface area (Å²) in [6.07, 6.45) is -3.95. The number of carboxylic acid groups (broad SMARTS) is 2. The molecule has 0 saturated heterocycles. The van der Waals surface area contributed by atoms with Crippen molar-refractivity contribution in [3.05, 3.63) is 34.3 Å². The van der Waals surface area contributed by atoms with Gasteiger partial charge in [0, 0.05) is 5.02 Å². The second-order valence-corrected chi connectivity index (χ2v) is 4.08. The van der Waals surface area contributed by atoms with Crippen molar-refractivity contribution in [1.29, 1.82) is 0 Å². The molecular formula is C11H11ClO6. The van der Waals surface area contributed by atoms with E-state index < -0.39 is 30.6 Å². The molecule has 0 heterocycles. The van der Waals surface area contributed by atoms with Crippen LogP contribution < -0.4 is 0 Å². The average Bonchev–Trinajstić information content (AvgIpc) is 2.26. The Morgan fingerprint density at radius 2 is 1.83 bits per heavy atom. The first kappa shape index (κ1) is 14.4. The van der Waals surface area contributed by atoms with Gasteiger partial charge in [-0.05, 0) is 23.8 Å². The van der Waals surface area contributed by atoms with Crippen LogP contribution in [0.15, 0.2) is 18.2 Å². The van der Waals surface area contributed by atoms with Crippen LogP contribution in [0, 0.1) is 0 Å². The maximum absolute atomic E-state index is 10.9. The largest absolute Gasteiger partial charge is 0.481 e. The first-order valence-electron chi connectivity index (χ1n) is 4.93. The molecule has 18 heavy (non-hydrogen) atoms. The van der Waals surface area contributed by atoms with Gasteiger partial charge in [-0.1, -0.05) is 11.6 Å². The van der Waals surface area contributed by atoms with Crippen LogP contribution in [0.25, 0.3) is 0 Å². The molecule has 2 unspecified atom stereocenters. The minimum atomic E-state index is -1.63. The van der Waals surface area contributed by atoms with Gasteiger partial charge in [-0.15, -0.1) is 0 Å². The van der Waals surface area contributed by atoms with Gasteiger partial charge in [0.05, 0.1) is 18.1 Å². The Labute approximate surface area is 107 Å². The zero-order chi connectivity index (χ0) is 13.9. The van der Waals surface area contributed by atoms with Gasteiger partial charge in [-0.2, -0.15) is 0 Å². The number of rotatable bonds is 5. The lowest BCUT2D eigenvalue weighted by atomic mass is 9.97. The third-order valence-corrected chi connectivity index (χ3v) is 2.55. The molecule has 1 aromatic carbocycles. The molecule has 0 aliphatic carbocycles. The highest BCUT2D eigenvalue weighted by atomic mass is 35.5. The number of aliphatic hydroxyl groups is 2. The highest BCUT2D eigenvalue weighted by molar-refractivity contribution is 6.30. The molecule has 0 aliphatic heterocycles. The van der Waals surface area contributed by atoms with E-state index in [2.05, 4.69) is 0 Å². The molecule has 0 radical (unpaired) electrons. The normalized spacial score (nSPS) is 13.9. The van der Waals surface area contributed by atoms with Crippen molar-refractivity contribution in [2.75, 3.05) is 0 Å². The molecule has 7 heteroatoms. The lowest BCUT2D eigenvalue weighted by Crippen LogP contribution is -2.23. The van der Waals surface area contributed by atoms with Crippen molar-refractivity contribution in [3.8, 4) is 0 Å². The SMILES string of the molecule is O=C(O)CC(O)C(O)c1cc(Cl)ccc1C(=O)O. The zero-order valence-electron chi connectivity index (χ0n) is 9.08. The number of hydrogen-bond acceptors (Lipinski definition) is 4. The van der Waals surface area contributed by atoms with Crippen molar-refractivity contribution in [2.24, 2.45) is 0 Å². The van der Waals surface area contributed by atoms with Crippen LogP contribution in [0.3, 0.4) is 0 Å². The van der Waals surface area contributed by atoms with E-state index >= 15 is 0 Å². The Morgan fingerprint density at radius 3 is 2.33 bits per heavy atom. The summed E-state index contributed by atoms with van der Waals surface area (Å²) in [6, 6.07) is 3.68. The second kappa shape index (κ2) is 5.81. The maximum atomic E-state index is 10.9. The van der Waals surface area contributed by atoms with Gasteiger partial charge in [0.2, 0.25) is 0 Å². The molecule has 0 amide bonds. The Morgan fingerprint density at radius 1 is 1.22 bits per heavy atom. The van der Waals surface area contributed by atoms with Crippen molar-refractivity contribution < 1.29 is 30.0 Å². The van der Waals surface area contributed by atoms with E-state index in [9.17, 15) is 19.8 Å². The first-order valence-corrected chi connectivity index (χ1v) is 5.31. The molecule has 98 valence electrons. The molecule has 0 bridgehead atoms. The van der Waals surface area contributed by atoms with Crippen molar-refractivity contribution in [3.63, 3.8) is 0 Å². The van der Waals surface area contributed by atoms with Crippen LogP contribution in [-0.2, 0) is 4.79 Å². The summed E-state index contributed by atoms with van der Waals surface area (Å²) in [4.78, 5) is 21.3. The summed E-state index contributed by atoms with van der Waals surface area (Å²) in [5, 5.41) is 36.8. The molecule has 0 saturated carbocycles. The van der Waals surface area contributed by atoms with E-state index in [1.807, 2.05) is 0 Å². The van der Waals surface area contributed by atoms with Gasteiger partial charge < -0.3 is 20.4 Å². The first-order chi connectivity index (χ1) is 8.32. The third-order valence-electron chi connectivity index (χ3n) is 2.31. The lowest BCUT2D eigenvalue weighted by Gasteiger charge is -2.18. The van der Waals surface area contributed by atoms with E-state index in [1.165, 1.54) is 18.2 Å². The summed E-state index contributed by atoms with van der Waals surface area (Å²) < 4.78 is 0. The topological polar surface area (TPSA) is 115 Å². The molecule has 4 N–H and O–H groups in total. The predicted octanol–water partition coefficient (Wildman–Crippen LogP) is 0.907. The highest BCUT2D eigenvalue weighted by Gasteiger charge is 2.25. The van der Waals surface area contributed by atoms with Crippen molar-refractivity contribution in [1.82, 2.24) is 0 Å². The van der Waals surface area contributed by atoms with Crippen LogP contribution in [-0.4, -0.2) is 38.5 Å². The molecule has 1 aromatic rings. The molecule has 6 nitrogen and oxygen atoms in total. The summed E-state index contributed by atoms with van der Waals surface area (Å²) in [6.45, 7) is 0. The second-order valence-electron chi connectivity index (χ2n) is 3.65.